The van der Waals surface area contributed by atoms with Crippen molar-refractivity contribution < 1.29 is 14.3 Å². The van der Waals surface area contributed by atoms with E-state index in [0.29, 0.717) is 22.9 Å². The number of hydrogen-bond donors (Lipinski definition) is 1. The number of ketones is 1. The SMILES string of the molecule is CC(=O)c1ccc(OCC(=O)NCc2cccs2)c(Cl)c1. The number of ether oxygens (including phenoxy) is 1. The molecule has 1 heterocycles. The maximum absolute atomic E-state index is 11.7. The molecule has 1 amide bonds. The van der Waals surface area contributed by atoms with Gasteiger partial charge in [-0.2, -0.15) is 0 Å². The van der Waals surface area contributed by atoms with Gasteiger partial charge in [0.2, 0.25) is 0 Å². The number of Topliss-reactive ketones (excluding diaryl/α,β-unsaturated/α-hetero) is 1. The highest BCUT2D eigenvalue weighted by atomic mass is 35.5. The highest BCUT2D eigenvalue weighted by Crippen LogP contribution is 2.25. The first-order valence-electron chi connectivity index (χ1n) is 6.28. The summed E-state index contributed by atoms with van der Waals surface area (Å²) in [5.74, 6) is 0.0835. The van der Waals surface area contributed by atoms with E-state index in [-0.39, 0.29) is 18.3 Å². The Morgan fingerprint density at radius 1 is 1.33 bits per heavy atom. The van der Waals surface area contributed by atoms with Crippen molar-refractivity contribution in [1.29, 1.82) is 0 Å². The summed E-state index contributed by atoms with van der Waals surface area (Å²) in [5.41, 5.74) is 0.509. The molecule has 4 nitrogen and oxygen atoms in total. The highest BCUT2D eigenvalue weighted by Gasteiger charge is 2.08. The molecule has 110 valence electrons. The van der Waals surface area contributed by atoms with Crippen molar-refractivity contribution in [2.24, 2.45) is 0 Å². The van der Waals surface area contributed by atoms with Crippen LogP contribution in [0.25, 0.3) is 0 Å². The zero-order chi connectivity index (χ0) is 15.2. The average molecular weight is 324 g/mol. The molecule has 0 aliphatic heterocycles. The molecule has 0 spiro atoms. The summed E-state index contributed by atoms with van der Waals surface area (Å²) in [5, 5.41) is 5.02. The zero-order valence-electron chi connectivity index (χ0n) is 11.4. The fourth-order valence-electron chi connectivity index (χ4n) is 1.63. The number of carbonyl (C=O) groups is 2. The molecule has 0 saturated carbocycles. The lowest BCUT2D eigenvalue weighted by Gasteiger charge is -2.09. The maximum atomic E-state index is 11.7. The lowest BCUT2D eigenvalue weighted by Crippen LogP contribution is -2.28. The first kappa shape index (κ1) is 15.5. The van der Waals surface area contributed by atoms with Gasteiger partial charge in [0.25, 0.3) is 5.91 Å². The smallest absolute Gasteiger partial charge is 0.258 e. The van der Waals surface area contributed by atoms with Crippen molar-refractivity contribution in [1.82, 2.24) is 5.32 Å². The van der Waals surface area contributed by atoms with Crippen molar-refractivity contribution in [2.45, 2.75) is 13.5 Å². The van der Waals surface area contributed by atoms with Gasteiger partial charge in [-0.15, -0.1) is 11.3 Å². The van der Waals surface area contributed by atoms with E-state index in [1.165, 1.54) is 13.0 Å². The number of rotatable bonds is 6. The van der Waals surface area contributed by atoms with E-state index < -0.39 is 0 Å². The van der Waals surface area contributed by atoms with E-state index in [1.54, 1.807) is 23.5 Å². The number of halogens is 1. The lowest BCUT2D eigenvalue weighted by molar-refractivity contribution is -0.123. The van der Waals surface area contributed by atoms with Gasteiger partial charge in [-0.1, -0.05) is 17.7 Å². The Balaban J connectivity index is 1.85. The zero-order valence-corrected chi connectivity index (χ0v) is 13.0. The molecule has 1 aromatic heterocycles. The van der Waals surface area contributed by atoms with Crippen LogP contribution in [0.1, 0.15) is 22.2 Å². The van der Waals surface area contributed by atoms with Crippen molar-refractivity contribution in [3.05, 3.63) is 51.2 Å². The highest BCUT2D eigenvalue weighted by molar-refractivity contribution is 7.09. The number of amides is 1. The van der Waals surface area contributed by atoms with Crippen molar-refractivity contribution in [2.75, 3.05) is 6.61 Å². The van der Waals surface area contributed by atoms with Crippen molar-refractivity contribution in [3.63, 3.8) is 0 Å². The fraction of sp³-hybridized carbons (Fsp3) is 0.200. The van der Waals surface area contributed by atoms with Gasteiger partial charge in [0, 0.05) is 10.4 Å². The third kappa shape index (κ3) is 4.58. The van der Waals surface area contributed by atoms with Crippen LogP contribution in [-0.2, 0) is 11.3 Å². The van der Waals surface area contributed by atoms with Gasteiger partial charge in [0.1, 0.15) is 5.75 Å². The minimum absolute atomic E-state index is 0.0721. The van der Waals surface area contributed by atoms with Crippen LogP contribution in [0, 0.1) is 0 Å². The Bertz CT molecular complexity index is 640. The Hall–Kier alpha value is -1.85. The molecule has 0 saturated heterocycles. The number of carbonyl (C=O) groups excluding carboxylic acids is 2. The second-order valence-corrected chi connectivity index (χ2v) is 5.79. The van der Waals surface area contributed by atoms with Crippen LogP contribution in [0.3, 0.4) is 0 Å². The van der Waals surface area contributed by atoms with Gasteiger partial charge < -0.3 is 10.1 Å². The molecule has 1 aromatic carbocycles. The van der Waals surface area contributed by atoms with Crippen LogP contribution in [0.2, 0.25) is 5.02 Å². The van der Waals surface area contributed by atoms with Gasteiger partial charge in [-0.05, 0) is 36.6 Å². The molecule has 0 bridgehead atoms. The lowest BCUT2D eigenvalue weighted by atomic mass is 10.1. The van der Waals surface area contributed by atoms with E-state index in [4.69, 9.17) is 16.3 Å². The molecule has 2 rings (SSSR count). The van der Waals surface area contributed by atoms with E-state index in [1.807, 2.05) is 17.5 Å². The van der Waals surface area contributed by atoms with Gasteiger partial charge in [-0.25, -0.2) is 0 Å². The van der Waals surface area contributed by atoms with Gasteiger partial charge in [-0.3, -0.25) is 9.59 Å². The maximum Gasteiger partial charge on any atom is 0.258 e. The summed E-state index contributed by atoms with van der Waals surface area (Å²) < 4.78 is 5.35. The Morgan fingerprint density at radius 3 is 2.76 bits per heavy atom. The normalized spacial score (nSPS) is 10.2. The first-order valence-corrected chi connectivity index (χ1v) is 7.54. The monoisotopic (exact) mass is 323 g/mol. The number of benzene rings is 1. The molecule has 0 aliphatic carbocycles. The number of thiophene rings is 1. The molecule has 21 heavy (non-hydrogen) atoms. The molecule has 0 fully saturated rings. The summed E-state index contributed by atoms with van der Waals surface area (Å²) in [7, 11) is 0. The molecule has 2 aromatic rings. The van der Waals surface area contributed by atoms with Crippen molar-refractivity contribution in [3.8, 4) is 5.75 Å². The predicted octanol–water partition coefficient (Wildman–Crippen LogP) is 3.30. The molecular weight excluding hydrogens is 310 g/mol. The Kier molecular flexibility index (Phi) is 5.36. The topological polar surface area (TPSA) is 55.4 Å². The molecule has 0 unspecified atom stereocenters. The van der Waals surface area contributed by atoms with E-state index in [9.17, 15) is 9.59 Å². The average Bonchev–Trinajstić information content (AvgIpc) is 2.97. The minimum atomic E-state index is -0.227. The summed E-state index contributed by atoms with van der Waals surface area (Å²) >= 11 is 7.59. The molecule has 6 heteroatoms. The van der Waals surface area contributed by atoms with Crippen LogP contribution in [0.4, 0.5) is 0 Å². The molecule has 0 atom stereocenters. The Morgan fingerprint density at radius 2 is 2.14 bits per heavy atom. The molecule has 1 N–H and O–H groups in total. The largest absolute Gasteiger partial charge is 0.482 e. The summed E-state index contributed by atoms with van der Waals surface area (Å²) in [4.78, 5) is 24.0. The second-order valence-electron chi connectivity index (χ2n) is 4.35. The molecular formula is C15H14ClNO3S. The fourth-order valence-corrected chi connectivity index (χ4v) is 2.51. The quantitative estimate of drug-likeness (QED) is 0.830. The third-order valence-corrected chi connectivity index (χ3v) is 3.91. The summed E-state index contributed by atoms with van der Waals surface area (Å²) in [6.07, 6.45) is 0. The minimum Gasteiger partial charge on any atom is -0.482 e. The Labute approximate surface area is 131 Å². The van der Waals surface area contributed by atoms with Gasteiger partial charge >= 0.3 is 0 Å². The molecule has 0 aliphatic rings. The molecule has 0 radical (unpaired) electrons. The van der Waals surface area contributed by atoms with Crippen LogP contribution in [0.15, 0.2) is 35.7 Å². The van der Waals surface area contributed by atoms with E-state index >= 15 is 0 Å². The number of hydrogen-bond acceptors (Lipinski definition) is 4. The summed E-state index contributed by atoms with van der Waals surface area (Å²) in [6, 6.07) is 8.61. The predicted molar refractivity (Wildman–Crippen MR) is 83.1 cm³/mol. The summed E-state index contributed by atoms with van der Waals surface area (Å²) in [6.45, 7) is 1.82. The van der Waals surface area contributed by atoms with Gasteiger partial charge in [0.05, 0.1) is 11.6 Å². The van der Waals surface area contributed by atoms with E-state index in [0.717, 1.165) is 4.88 Å². The standard InChI is InChI=1S/C15H14ClNO3S/c1-10(18)11-4-5-14(13(16)7-11)20-9-15(19)17-8-12-3-2-6-21-12/h2-7H,8-9H2,1H3,(H,17,19). The second kappa shape index (κ2) is 7.24. The van der Waals surface area contributed by atoms with Crippen LogP contribution >= 0.6 is 22.9 Å². The van der Waals surface area contributed by atoms with Gasteiger partial charge in [0.15, 0.2) is 12.4 Å². The first-order chi connectivity index (χ1) is 10.1. The van der Waals surface area contributed by atoms with Crippen LogP contribution < -0.4 is 10.1 Å². The van der Waals surface area contributed by atoms with Crippen molar-refractivity contribution >= 4 is 34.6 Å². The van der Waals surface area contributed by atoms with Crippen LogP contribution in [0.5, 0.6) is 5.75 Å². The third-order valence-electron chi connectivity index (χ3n) is 2.74. The van der Waals surface area contributed by atoms with E-state index in [2.05, 4.69) is 5.32 Å². The van der Waals surface area contributed by atoms with Crippen LogP contribution in [-0.4, -0.2) is 18.3 Å². The number of nitrogens with one attached hydrogen (secondary N) is 1.